The summed E-state index contributed by atoms with van der Waals surface area (Å²) in [6.45, 7) is 1.64. The molecule has 1 aliphatic heterocycles. The number of anilines is 1. The molecule has 0 spiro atoms. The van der Waals surface area contributed by atoms with Crippen LogP contribution in [0, 0.1) is 11.3 Å². The number of hydrogen-bond acceptors (Lipinski definition) is 8. The van der Waals surface area contributed by atoms with Gasteiger partial charge in [-0.2, -0.15) is 10.2 Å². The SMILES string of the molecule is CS(=O)(=O)Nc1cc(-c2noc(C3CCCN3Cc3ccc(C#N)cc3)n2)ccn1. The molecule has 1 aromatic carbocycles. The highest BCUT2D eigenvalue weighted by atomic mass is 32.2. The molecule has 1 fully saturated rings. The highest BCUT2D eigenvalue weighted by Crippen LogP contribution is 2.33. The van der Waals surface area contributed by atoms with Gasteiger partial charge < -0.3 is 4.52 Å². The lowest BCUT2D eigenvalue weighted by atomic mass is 10.1. The number of sulfonamides is 1. The van der Waals surface area contributed by atoms with Crippen LogP contribution < -0.4 is 4.72 Å². The van der Waals surface area contributed by atoms with Crippen LogP contribution in [0.25, 0.3) is 11.4 Å². The Bertz CT molecular complexity index is 1180. The van der Waals surface area contributed by atoms with Crippen molar-refractivity contribution in [1.82, 2.24) is 20.0 Å². The fourth-order valence-corrected chi connectivity index (χ4v) is 4.01. The molecule has 1 aliphatic rings. The first-order chi connectivity index (χ1) is 14.4. The molecule has 0 saturated carbocycles. The predicted molar refractivity (Wildman–Crippen MR) is 110 cm³/mol. The molecule has 3 aromatic rings. The Morgan fingerprint density at radius 1 is 1.30 bits per heavy atom. The van der Waals surface area contributed by atoms with Crippen LogP contribution in [-0.4, -0.2) is 41.2 Å². The largest absolute Gasteiger partial charge is 0.337 e. The van der Waals surface area contributed by atoms with Crippen LogP contribution in [0.3, 0.4) is 0 Å². The van der Waals surface area contributed by atoms with Crippen LogP contribution in [0.1, 0.15) is 35.9 Å². The lowest BCUT2D eigenvalue weighted by molar-refractivity contribution is 0.201. The number of pyridine rings is 1. The van der Waals surface area contributed by atoms with Gasteiger partial charge in [0.2, 0.25) is 21.7 Å². The molecule has 0 amide bonds. The van der Waals surface area contributed by atoms with E-state index < -0.39 is 10.0 Å². The summed E-state index contributed by atoms with van der Waals surface area (Å²) < 4.78 is 30.7. The minimum Gasteiger partial charge on any atom is -0.337 e. The van der Waals surface area contributed by atoms with Crippen LogP contribution in [0.15, 0.2) is 47.1 Å². The van der Waals surface area contributed by atoms with Crippen molar-refractivity contribution in [2.45, 2.75) is 25.4 Å². The fourth-order valence-electron chi connectivity index (χ4n) is 3.52. The van der Waals surface area contributed by atoms with Crippen molar-refractivity contribution in [3.8, 4) is 17.5 Å². The lowest BCUT2D eigenvalue weighted by Crippen LogP contribution is -2.23. The Kier molecular flexibility index (Phi) is 5.48. The summed E-state index contributed by atoms with van der Waals surface area (Å²) >= 11 is 0. The maximum absolute atomic E-state index is 11.4. The first kappa shape index (κ1) is 20.0. The molecule has 10 heteroatoms. The summed E-state index contributed by atoms with van der Waals surface area (Å²) in [6.07, 6.45) is 4.49. The Morgan fingerprint density at radius 3 is 2.83 bits per heavy atom. The topological polar surface area (TPSA) is 125 Å². The monoisotopic (exact) mass is 424 g/mol. The van der Waals surface area contributed by atoms with Gasteiger partial charge in [-0.25, -0.2) is 13.4 Å². The summed E-state index contributed by atoms with van der Waals surface area (Å²) in [5, 5.41) is 13.0. The number of aromatic nitrogens is 3. The van der Waals surface area contributed by atoms with Crippen LogP contribution >= 0.6 is 0 Å². The van der Waals surface area contributed by atoms with Gasteiger partial charge in [0.1, 0.15) is 5.82 Å². The van der Waals surface area contributed by atoms with Gasteiger partial charge in [0, 0.05) is 18.3 Å². The highest BCUT2D eigenvalue weighted by molar-refractivity contribution is 7.92. The zero-order chi connectivity index (χ0) is 21.1. The molecule has 0 radical (unpaired) electrons. The van der Waals surface area contributed by atoms with E-state index in [4.69, 9.17) is 9.78 Å². The van der Waals surface area contributed by atoms with E-state index in [2.05, 4.69) is 30.8 Å². The molecule has 1 unspecified atom stereocenters. The molecule has 4 rings (SSSR count). The molecule has 2 aromatic heterocycles. The predicted octanol–water partition coefficient (Wildman–Crippen LogP) is 2.71. The third kappa shape index (κ3) is 4.64. The van der Waals surface area contributed by atoms with E-state index in [1.165, 1.54) is 6.20 Å². The maximum atomic E-state index is 11.4. The smallest absolute Gasteiger partial charge is 0.244 e. The van der Waals surface area contributed by atoms with Crippen molar-refractivity contribution in [3.63, 3.8) is 0 Å². The first-order valence-corrected chi connectivity index (χ1v) is 11.3. The molecule has 0 bridgehead atoms. The highest BCUT2D eigenvalue weighted by Gasteiger charge is 2.30. The minimum absolute atomic E-state index is 0.0114. The average Bonchev–Trinajstić information content (AvgIpc) is 3.37. The van der Waals surface area contributed by atoms with Crippen molar-refractivity contribution in [2.75, 3.05) is 17.5 Å². The third-order valence-corrected chi connectivity index (χ3v) is 5.45. The van der Waals surface area contributed by atoms with E-state index in [1.54, 1.807) is 12.1 Å². The standard InChI is InChI=1S/C20H20N6O3S/c1-30(27,28)25-18-11-16(8-9-22-18)19-23-20(29-24-19)17-3-2-10-26(17)13-15-6-4-14(12-21)5-7-15/h4-9,11,17H,2-3,10,13H2,1H3,(H,22,25). The molecule has 1 saturated heterocycles. The van der Waals surface area contributed by atoms with Gasteiger partial charge in [0.15, 0.2) is 0 Å². The van der Waals surface area contributed by atoms with Gasteiger partial charge >= 0.3 is 0 Å². The van der Waals surface area contributed by atoms with E-state index in [0.29, 0.717) is 22.8 Å². The number of nitriles is 1. The molecule has 1 atom stereocenters. The number of benzene rings is 1. The molecule has 9 nitrogen and oxygen atoms in total. The number of nitrogens with one attached hydrogen (secondary N) is 1. The molecule has 0 aliphatic carbocycles. The van der Waals surface area contributed by atoms with Crippen LogP contribution in [0.5, 0.6) is 0 Å². The number of hydrogen-bond donors (Lipinski definition) is 1. The van der Waals surface area contributed by atoms with Crippen molar-refractivity contribution in [2.24, 2.45) is 0 Å². The fraction of sp³-hybridized carbons (Fsp3) is 0.300. The minimum atomic E-state index is -3.43. The second-order valence-electron chi connectivity index (χ2n) is 7.20. The van der Waals surface area contributed by atoms with Gasteiger partial charge in [0.05, 0.1) is 23.9 Å². The molecule has 154 valence electrons. The summed E-state index contributed by atoms with van der Waals surface area (Å²) in [6, 6.07) is 13.0. The lowest BCUT2D eigenvalue weighted by Gasteiger charge is -2.21. The van der Waals surface area contributed by atoms with Crippen LogP contribution in [0.4, 0.5) is 5.82 Å². The van der Waals surface area contributed by atoms with E-state index in [1.807, 2.05) is 24.3 Å². The molecular formula is C20H20N6O3S. The van der Waals surface area contributed by atoms with Crippen molar-refractivity contribution in [1.29, 1.82) is 5.26 Å². The van der Waals surface area contributed by atoms with Gasteiger partial charge in [-0.3, -0.25) is 9.62 Å². The van der Waals surface area contributed by atoms with Crippen molar-refractivity contribution in [3.05, 3.63) is 59.6 Å². The Balaban J connectivity index is 1.51. The number of rotatable bonds is 6. The zero-order valence-electron chi connectivity index (χ0n) is 16.3. The number of likely N-dealkylation sites (tertiary alicyclic amines) is 1. The Morgan fingerprint density at radius 2 is 2.10 bits per heavy atom. The second-order valence-corrected chi connectivity index (χ2v) is 8.95. The first-order valence-electron chi connectivity index (χ1n) is 9.42. The Hall–Kier alpha value is -3.29. The van der Waals surface area contributed by atoms with Gasteiger partial charge in [0.25, 0.3) is 0 Å². The van der Waals surface area contributed by atoms with E-state index in [-0.39, 0.29) is 11.9 Å². The summed E-state index contributed by atoms with van der Waals surface area (Å²) in [5.74, 6) is 1.12. The summed E-state index contributed by atoms with van der Waals surface area (Å²) in [4.78, 5) is 10.8. The van der Waals surface area contributed by atoms with E-state index in [9.17, 15) is 8.42 Å². The van der Waals surface area contributed by atoms with E-state index in [0.717, 1.165) is 37.8 Å². The molecule has 30 heavy (non-hydrogen) atoms. The summed E-state index contributed by atoms with van der Waals surface area (Å²) in [5.41, 5.74) is 2.37. The molecule has 1 N–H and O–H groups in total. The Labute approximate surface area is 174 Å². The normalized spacial score (nSPS) is 17.0. The average molecular weight is 424 g/mol. The summed E-state index contributed by atoms with van der Waals surface area (Å²) in [7, 11) is -3.43. The van der Waals surface area contributed by atoms with E-state index >= 15 is 0 Å². The third-order valence-electron chi connectivity index (χ3n) is 4.87. The molecular weight excluding hydrogens is 404 g/mol. The quantitative estimate of drug-likeness (QED) is 0.640. The van der Waals surface area contributed by atoms with Gasteiger partial charge in [-0.15, -0.1) is 0 Å². The van der Waals surface area contributed by atoms with Crippen LogP contribution in [-0.2, 0) is 16.6 Å². The zero-order valence-corrected chi connectivity index (χ0v) is 17.1. The maximum Gasteiger partial charge on any atom is 0.244 e. The number of nitrogens with zero attached hydrogens (tertiary/aromatic N) is 5. The second kappa shape index (κ2) is 8.22. The van der Waals surface area contributed by atoms with Gasteiger partial charge in [-0.1, -0.05) is 17.3 Å². The van der Waals surface area contributed by atoms with Crippen LogP contribution in [0.2, 0.25) is 0 Å². The van der Waals surface area contributed by atoms with Crippen molar-refractivity contribution >= 4 is 15.8 Å². The van der Waals surface area contributed by atoms with Crippen molar-refractivity contribution < 1.29 is 12.9 Å². The van der Waals surface area contributed by atoms with Gasteiger partial charge in [-0.05, 0) is 49.2 Å². The molecule has 3 heterocycles.